The molecule has 0 radical (unpaired) electrons. The number of benzene rings is 1. The van der Waals surface area contributed by atoms with E-state index in [1.807, 2.05) is 6.26 Å². The Balaban J connectivity index is 3.19. The molecule has 0 aliphatic rings. The minimum atomic E-state index is -3.78. The average molecular weight is 367 g/mol. The van der Waals surface area contributed by atoms with E-state index in [0.717, 1.165) is 0 Å². The number of hydrogen-bond donors (Lipinski definition) is 2. The molecule has 0 aliphatic heterocycles. The van der Waals surface area contributed by atoms with Crippen LogP contribution in [-0.4, -0.2) is 33.0 Å². The van der Waals surface area contributed by atoms with Gasteiger partial charge in [0.05, 0.1) is 16.6 Å². The first-order valence-corrected chi connectivity index (χ1v) is 9.64. The number of sulfonamides is 1. The van der Waals surface area contributed by atoms with Crippen molar-refractivity contribution in [2.45, 2.75) is 17.9 Å². The highest BCUT2D eigenvalue weighted by atomic mass is 35.5. The SMILES string of the molecule is CSCC(C)NS(=O)(=O)c1c(Cl)cc(C#CCN)cc1Cl. The van der Waals surface area contributed by atoms with Crippen molar-refractivity contribution < 1.29 is 8.42 Å². The predicted octanol–water partition coefficient (Wildman–Crippen LogP) is 2.33. The molecular weight excluding hydrogens is 351 g/mol. The van der Waals surface area contributed by atoms with Crippen LogP contribution in [0.15, 0.2) is 17.0 Å². The Morgan fingerprint density at radius 3 is 2.43 bits per heavy atom. The Bertz CT molecular complexity index is 643. The molecule has 0 saturated heterocycles. The van der Waals surface area contributed by atoms with Crippen LogP contribution >= 0.6 is 35.0 Å². The number of rotatable bonds is 5. The van der Waals surface area contributed by atoms with Crippen LogP contribution in [0.1, 0.15) is 12.5 Å². The van der Waals surface area contributed by atoms with Crippen molar-refractivity contribution in [2.24, 2.45) is 5.73 Å². The Hall–Kier alpha value is -0.420. The molecule has 1 aromatic rings. The van der Waals surface area contributed by atoms with Crippen LogP contribution in [0.4, 0.5) is 0 Å². The van der Waals surface area contributed by atoms with Crippen molar-refractivity contribution in [3.63, 3.8) is 0 Å². The van der Waals surface area contributed by atoms with Gasteiger partial charge < -0.3 is 5.73 Å². The average Bonchev–Trinajstić information content (AvgIpc) is 2.34. The fraction of sp³-hybridized carbons (Fsp3) is 0.385. The predicted molar refractivity (Wildman–Crippen MR) is 90.6 cm³/mol. The van der Waals surface area contributed by atoms with Crippen LogP contribution in [0.3, 0.4) is 0 Å². The van der Waals surface area contributed by atoms with Crippen LogP contribution in [0.25, 0.3) is 0 Å². The van der Waals surface area contributed by atoms with Crippen molar-refractivity contribution in [1.29, 1.82) is 0 Å². The fourth-order valence-corrected chi connectivity index (χ4v) is 4.80. The second-order valence-corrected chi connectivity index (χ2v) is 7.63. The van der Waals surface area contributed by atoms with Gasteiger partial charge in [0.2, 0.25) is 10.0 Å². The van der Waals surface area contributed by atoms with Crippen molar-refractivity contribution >= 4 is 45.0 Å². The molecule has 1 unspecified atom stereocenters. The van der Waals surface area contributed by atoms with Gasteiger partial charge in [-0.25, -0.2) is 13.1 Å². The highest BCUT2D eigenvalue weighted by Crippen LogP contribution is 2.30. The molecule has 8 heteroatoms. The Morgan fingerprint density at radius 2 is 1.95 bits per heavy atom. The maximum absolute atomic E-state index is 12.3. The van der Waals surface area contributed by atoms with Crippen LogP contribution in [-0.2, 0) is 10.0 Å². The summed E-state index contributed by atoms with van der Waals surface area (Å²) in [5.41, 5.74) is 5.81. The summed E-state index contributed by atoms with van der Waals surface area (Å²) in [5.74, 6) is 6.07. The third-order valence-electron chi connectivity index (χ3n) is 2.37. The lowest BCUT2D eigenvalue weighted by Crippen LogP contribution is -2.34. The second-order valence-electron chi connectivity index (χ2n) is 4.25. The number of nitrogens with one attached hydrogen (secondary N) is 1. The van der Waals surface area contributed by atoms with Crippen molar-refractivity contribution in [2.75, 3.05) is 18.6 Å². The lowest BCUT2D eigenvalue weighted by atomic mass is 10.2. The zero-order valence-electron chi connectivity index (χ0n) is 11.6. The van der Waals surface area contributed by atoms with E-state index in [4.69, 9.17) is 28.9 Å². The number of halogens is 2. The highest BCUT2D eigenvalue weighted by Gasteiger charge is 2.24. The molecule has 0 saturated carbocycles. The molecule has 1 atom stereocenters. The summed E-state index contributed by atoms with van der Waals surface area (Å²) >= 11 is 13.6. The van der Waals surface area contributed by atoms with E-state index >= 15 is 0 Å². The second kappa shape index (κ2) is 8.28. The van der Waals surface area contributed by atoms with Gasteiger partial charge in [0.1, 0.15) is 4.90 Å². The molecule has 0 bridgehead atoms. The smallest absolute Gasteiger partial charge is 0.243 e. The summed E-state index contributed by atoms with van der Waals surface area (Å²) in [4.78, 5) is -0.128. The fourth-order valence-electron chi connectivity index (χ4n) is 1.65. The molecule has 0 heterocycles. The minimum Gasteiger partial charge on any atom is -0.320 e. The van der Waals surface area contributed by atoms with E-state index in [0.29, 0.717) is 11.3 Å². The van der Waals surface area contributed by atoms with Crippen LogP contribution in [0.5, 0.6) is 0 Å². The quantitative estimate of drug-likeness (QED) is 0.784. The molecule has 1 aromatic carbocycles. The Morgan fingerprint density at radius 1 is 1.38 bits per heavy atom. The molecule has 0 spiro atoms. The third kappa shape index (κ3) is 5.37. The first-order valence-electron chi connectivity index (χ1n) is 6.01. The lowest BCUT2D eigenvalue weighted by molar-refractivity contribution is 0.571. The molecule has 21 heavy (non-hydrogen) atoms. The highest BCUT2D eigenvalue weighted by molar-refractivity contribution is 7.98. The van der Waals surface area contributed by atoms with Crippen LogP contribution in [0, 0.1) is 11.8 Å². The Kier molecular flexibility index (Phi) is 7.34. The van der Waals surface area contributed by atoms with Crippen molar-refractivity contribution in [3.8, 4) is 11.8 Å². The normalized spacial score (nSPS) is 12.6. The molecule has 0 aromatic heterocycles. The van der Waals surface area contributed by atoms with E-state index in [2.05, 4.69) is 16.6 Å². The van der Waals surface area contributed by atoms with Gasteiger partial charge in [-0.2, -0.15) is 11.8 Å². The zero-order chi connectivity index (χ0) is 16.0. The molecule has 0 aliphatic carbocycles. The van der Waals surface area contributed by atoms with Gasteiger partial charge in [-0.3, -0.25) is 0 Å². The first kappa shape index (κ1) is 18.6. The van der Waals surface area contributed by atoms with Gasteiger partial charge in [0.25, 0.3) is 0 Å². The minimum absolute atomic E-state index is 0.0349. The van der Waals surface area contributed by atoms with E-state index in [1.165, 1.54) is 12.1 Å². The largest absolute Gasteiger partial charge is 0.320 e. The maximum Gasteiger partial charge on any atom is 0.243 e. The molecular formula is C13H16Cl2N2O2S2. The van der Waals surface area contributed by atoms with E-state index in [9.17, 15) is 8.42 Å². The summed E-state index contributed by atoms with van der Waals surface area (Å²) in [6, 6.07) is 2.70. The van der Waals surface area contributed by atoms with Gasteiger partial charge in [0, 0.05) is 17.4 Å². The van der Waals surface area contributed by atoms with Gasteiger partial charge in [-0.05, 0) is 25.3 Å². The molecule has 3 N–H and O–H groups in total. The molecule has 4 nitrogen and oxygen atoms in total. The number of hydrogen-bond acceptors (Lipinski definition) is 4. The van der Waals surface area contributed by atoms with Crippen molar-refractivity contribution in [3.05, 3.63) is 27.7 Å². The molecule has 0 fully saturated rings. The van der Waals surface area contributed by atoms with Gasteiger partial charge in [-0.1, -0.05) is 35.0 Å². The zero-order valence-corrected chi connectivity index (χ0v) is 14.8. The third-order valence-corrected chi connectivity index (χ3v) is 5.72. The standard InChI is InChI=1S/C13H16Cl2N2O2S2/c1-9(8-20-2)17-21(18,19)13-11(14)6-10(4-3-5-16)7-12(13)15/h6-7,9,17H,5,8,16H2,1-2H3. The summed E-state index contributed by atoms with van der Waals surface area (Å²) in [7, 11) is -3.78. The Labute approximate surface area is 139 Å². The maximum atomic E-state index is 12.3. The van der Waals surface area contributed by atoms with Crippen molar-refractivity contribution in [1.82, 2.24) is 4.72 Å². The van der Waals surface area contributed by atoms with E-state index in [1.54, 1.807) is 18.7 Å². The van der Waals surface area contributed by atoms with E-state index < -0.39 is 10.0 Å². The van der Waals surface area contributed by atoms with E-state index in [-0.39, 0.29) is 27.5 Å². The number of nitrogens with two attached hydrogens (primary N) is 1. The lowest BCUT2D eigenvalue weighted by Gasteiger charge is -2.15. The summed E-state index contributed by atoms with van der Waals surface area (Å²) in [5, 5.41) is 0.0698. The summed E-state index contributed by atoms with van der Waals surface area (Å²) in [6.45, 7) is 1.97. The van der Waals surface area contributed by atoms with Gasteiger partial charge >= 0.3 is 0 Å². The monoisotopic (exact) mass is 366 g/mol. The topological polar surface area (TPSA) is 72.2 Å². The van der Waals surface area contributed by atoms with Crippen LogP contribution in [0.2, 0.25) is 10.0 Å². The number of thioether (sulfide) groups is 1. The van der Waals surface area contributed by atoms with Gasteiger partial charge in [-0.15, -0.1) is 0 Å². The first-order chi connectivity index (χ1) is 9.81. The molecule has 0 amide bonds. The van der Waals surface area contributed by atoms with Crippen LogP contribution < -0.4 is 10.5 Å². The summed E-state index contributed by atoms with van der Waals surface area (Å²) < 4.78 is 27.2. The van der Waals surface area contributed by atoms with Gasteiger partial charge in [0.15, 0.2) is 0 Å². The molecule has 1 rings (SSSR count). The molecule has 116 valence electrons. The summed E-state index contributed by atoms with van der Waals surface area (Å²) in [6.07, 6.45) is 1.90.